The highest BCUT2D eigenvalue weighted by molar-refractivity contribution is 9.10. The quantitative estimate of drug-likeness (QED) is 0.825. The highest BCUT2D eigenvalue weighted by Gasteiger charge is 2.34. The fraction of sp³-hybridized carbons (Fsp3) is 0.562. The average Bonchev–Trinajstić information content (AvgIpc) is 2.52. The van der Waals surface area contributed by atoms with Crippen LogP contribution < -0.4 is 10.6 Å². The summed E-state index contributed by atoms with van der Waals surface area (Å²) in [6, 6.07) is 8.30. The summed E-state index contributed by atoms with van der Waals surface area (Å²) in [6.07, 6.45) is 2.71. The second-order valence-corrected chi connectivity index (χ2v) is 6.32. The zero-order valence-corrected chi connectivity index (χ0v) is 14.0. The van der Waals surface area contributed by atoms with Crippen LogP contribution >= 0.6 is 15.9 Å². The van der Waals surface area contributed by atoms with Crippen molar-refractivity contribution in [1.29, 1.82) is 0 Å². The number of ether oxygens (including phenoxy) is 1. The van der Waals surface area contributed by atoms with Crippen LogP contribution in [0.5, 0.6) is 0 Å². The lowest BCUT2D eigenvalue weighted by Gasteiger charge is -2.38. The monoisotopic (exact) mass is 354 g/mol. The number of carbonyl (C=O) groups is 1. The number of hydrogen-bond donors (Lipinski definition) is 2. The van der Waals surface area contributed by atoms with Crippen molar-refractivity contribution in [2.24, 2.45) is 0 Å². The first-order valence-electron chi connectivity index (χ1n) is 7.52. The molecule has 0 radical (unpaired) electrons. The van der Waals surface area contributed by atoms with Crippen molar-refractivity contribution in [2.75, 3.05) is 26.3 Å². The van der Waals surface area contributed by atoms with Gasteiger partial charge in [-0.05, 0) is 37.0 Å². The van der Waals surface area contributed by atoms with E-state index in [1.165, 1.54) is 5.56 Å². The zero-order chi connectivity index (χ0) is 15.1. The lowest BCUT2D eigenvalue weighted by molar-refractivity contribution is -0.120. The number of benzene rings is 1. The van der Waals surface area contributed by atoms with Crippen LogP contribution in [-0.4, -0.2) is 32.2 Å². The number of nitrogens with one attached hydrogen (secondary N) is 2. The molecule has 1 aromatic carbocycles. The van der Waals surface area contributed by atoms with E-state index < -0.39 is 0 Å². The van der Waals surface area contributed by atoms with Crippen LogP contribution in [0, 0.1) is 0 Å². The van der Waals surface area contributed by atoms with E-state index >= 15 is 0 Å². The van der Waals surface area contributed by atoms with Crippen molar-refractivity contribution in [2.45, 2.75) is 31.7 Å². The Kier molecular flexibility index (Phi) is 6.21. The van der Waals surface area contributed by atoms with Crippen LogP contribution in [0.2, 0.25) is 0 Å². The summed E-state index contributed by atoms with van der Waals surface area (Å²) in [4.78, 5) is 11.9. The first kappa shape index (κ1) is 16.5. The summed E-state index contributed by atoms with van der Waals surface area (Å²) in [5, 5.41) is 6.38. The second kappa shape index (κ2) is 7.92. The van der Waals surface area contributed by atoms with Gasteiger partial charge in [-0.25, -0.2) is 0 Å². The van der Waals surface area contributed by atoms with Gasteiger partial charge in [-0.2, -0.15) is 0 Å². The van der Waals surface area contributed by atoms with E-state index in [1.54, 1.807) is 0 Å². The van der Waals surface area contributed by atoms with Crippen molar-refractivity contribution in [3.8, 4) is 0 Å². The summed E-state index contributed by atoms with van der Waals surface area (Å²) in [6.45, 7) is 4.56. The molecule has 5 heteroatoms. The van der Waals surface area contributed by atoms with Crippen molar-refractivity contribution in [3.63, 3.8) is 0 Å². The SMILES string of the molecule is CCCNC(=O)CNC1(c2cccc(Br)c2)CCOCC1. The summed E-state index contributed by atoms with van der Waals surface area (Å²) in [5.74, 6) is 0.0534. The number of amides is 1. The van der Waals surface area contributed by atoms with Crippen molar-refractivity contribution < 1.29 is 9.53 Å². The molecule has 4 nitrogen and oxygen atoms in total. The number of rotatable bonds is 6. The molecule has 0 atom stereocenters. The molecule has 0 unspecified atom stereocenters. The molecule has 21 heavy (non-hydrogen) atoms. The molecule has 1 amide bonds. The van der Waals surface area contributed by atoms with E-state index in [2.05, 4.69) is 45.6 Å². The zero-order valence-electron chi connectivity index (χ0n) is 12.5. The first-order valence-corrected chi connectivity index (χ1v) is 8.31. The van der Waals surface area contributed by atoms with Gasteiger partial charge in [0.15, 0.2) is 0 Å². The van der Waals surface area contributed by atoms with Gasteiger partial charge in [0.2, 0.25) is 5.91 Å². The molecule has 116 valence electrons. The minimum Gasteiger partial charge on any atom is -0.381 e. The van der Waals surface area contributed by atoms with Crippen LogP contribution in [-0.2, 0) is 15.1 Å². The van der Waals surface area contributed by atoms with Gasteiger partial charge in [0.1, 0.15) is 0 Å². The van der Waals surface area contributed by atoms with Crippen molar-refractivity contribution in [3.05, 3.63) is 34.3 Å². The lowest BCUT2D eigenvalue weighted by Crippen LogP contribution is -2.50. The standard InChI is InChI=1S/C16H23BrN2O2/c1-2-8-18-15(20)12-19-16(6-9-21-10-7-16)13-4-3-5-14(17)11-13/h3-5,11,19H,2,6-10,12H2,1H3,(H,18,20). The predicted octanol–water partition coefficient (Wildman–Crippen LogP) is 2.57. The molecule has 1 heterocycles. The molecular weight excluding hydrogens is 332 g/mol. The molecule has 0 aromatic heterocycles. The molecule has 2 N–H and O–H groups in total. The Bertz CT molecular complexity index is 473. The Morgan fingerprint density at radius 3 is 2.81 bits per heavy atom. The summed E-state index contributed by atoms with van der Waals surface area (Å²) in [7, 11) is 0. The van der Waals surface area contributed by atoms with E-state index in [-0.39, 0.29) is 11.4 Å². The highest BCUT2D eigenvalue weighted by Crippen LogP contribution is 2.33. The van der Waals surface area contributed by atoms with E-state index in [9.17, 15) is 4.79 Å². The largest absolute Gasteiger partial charge is 0.381 e. The number of hydrogen-bond acceptors (Lipinski definition) is 3. The van der Waals surface area contributed by atoms with Gasteiger partial charge in [0, 0.05) is 29.8 Å². The average molecular weight is 355 g/mol. The van der Waals surface area contributed by atoms with Crippen LogP contribution in [0.4, 0.5) is 0 Å². The highest BCUT2D eigenvalue weighted by atomic mass is 79.9. The Morgan fingerprint density at radius 1 is 1.38 bits per heavy atom. The van der Waals surface area contributed by atoms with Gasteiger partial charge in [-0.3, -0.25) is 10.1 Å². The van der Waals surface area contributed by atoms with Crippen molar-refractivity contribution in [1.82, 2.24) is 10.6 Å². The van der Waals surface area contributed by atoms with Gasteiger partial charge >= 0.3 is 0 Å². The maximum absolute atomic E-state index is 11.9. The van der Waals surface area contributed by atoms with Crippen molar-refractivity contribution >= 4 is 21.8 Å². The summed E-state index contributed by atoms with van der Waals surface area (Å²) < 4.78 is 6.55. The van der Waals surface area contributed by atoms with Gasteiger partial charge in [0.25, 0.3) is 0 Å². The third kappa shape index (κ3) is 4.53. The lowest BCUT2D eigenvalue weighted by atomic mass is 9.82. The molecule has 0 spiro atoms. The number of carbonyl (C=O) groups excluding carboxylic acids is 1. The van der Waals surface area contributed by atoms with Gasteiger partial charge in [-0.1, -0.05) is 35.0 Å². The van der Waals surface area contributed by atoms with Gasteiger partial charge < -0.3 is 10.1 Å². The topological polar surface area (TPSA) is 50.4 Å². The molecule has 1 aromatic rings. The molecule has 0 bridgehead atoms. The Labute approximate surface area is 134 Å². The molecule has 1 aliphatic rings. The number of halogens is 1. The van der Waals surface area contributed by atoms with Gasteiger partial charge in [0.05, 0.1) is 6.54 Å². The Balaban J connectivity index is 2.08. The molecular formula is C16H23BrN2O2. The summed E-state index contributed by atoms with van der Waals surface area (Å²) >= 11 is 3.53. The van der Waals surface area contributed by atoms with Crippen LogP contribution in [0.25, 0.3) is 0 Å². The minimum atomic E-state index is -0.175. The van der Waals surface area contributed by atoms with E-state index in [0.29, 0.717) is 6.54 Å². The smallest absolute Gasteiger partial charge is 0.233 e. The normalized spacial score (nSPS) is 17.4. The van der Waals surface area contributed by atoms with Gasteiger partial charge in [-0.15, -0.1) is 0 Å². The Morgan fingerprint density at radius 2 is 2.14 bits per heavy atom. The molecule has 2 rings (SSSR count). The minimum absolute atomic E-state index is 0.0534. The van der Waals surface area contributed by atoms with Crippen LogP contribution in [0.1, 0.15) is 31.7 Å². The first-order chi connectivity index (χ1) is 10.2. The third-order valence-electron chi connectivity index (χ3n) is 3.88. The molecule has 1 fully saturated rings. The summed E-state index contributed by atoms with van der Waals surface area (Å²) in [5.41, 5.74) is 1.04. The predicted molar refractivity (Wildman–Crippen MR) is 87.2 cm³/mol. The second-order valence-electron chi connectivity index (χ2n) is 5.41. The van der Waals surface area contributed by atoms with E-state index in [4.69, 9.17) is 4.74 Å². The maximum Gasteiger partial charge on any atom is 0.233 e. The molecule has 1 aliphatic heterocycles. The Hall–Kier alpha value is -0.910. The third-order valence-corrected chi connectivity index (χ3v) is 4.38. The fourth-order valence-corrected chi connectivity index (χ4v) is 3.05. The molecule has 1 saturated heterocycles. The van der Waals surface area contributed by atoms with Crippen LogP contribution in [0.3, 0.4) is 0 Å². The molecule has 0 aliphatic carbocycles. The van der Waals surface area contributed by atoms with E-state index in [0.717, 1.165) is 43.5 Å². The maximum atomic E-state index is 11.9. The fourth-order valence-electron chi connectivity index (χ4n) is 2.65. The van der Waals surface area contributed by atoms with Crippen LogP contribution in [0.15, 0.2) is 28.7 Å². The van der Waals surface area contributed by atoms with E-state index in [1.807, 2.05) is 12.1 Å². The molecule has 0 saturated carbocycles.